The van der Waals surface area contributed by atoms with Gasteiger partial charge >= 0.3 is 0 Å². The van der Waals surface area contributed by atoms with Gasteiger partial charge in [-0.1, -0.05) is 12.1 Å². The summed E-state index contributed by atoms with van der Waals surface area (Å²) >= 11 is 0. The van der Waals surface area contributed by atoms with Crippen LogP contribution in [0.1, 0.15) is 15.9 Å². The molecular weight excluding hydrogens is 296 g/mol. The first-order valence-corrected chi connectivity index (χ1v) is 7.10. The summed E-state index contributed by atoms with van der Waals surface area (Å²) in [5, 5.41) is 5.51. The Morgan fingerprint density at radius 2 is 2.13 bits per heavy atom. The van der Waals surface area contributed by atoms with Crippen molar-refractivity contribution in [2.24, 2.45) is 0 Å². The topological polar surface area (TPSA) is 76.7 Å². The molecule has 1 heterocycles. The highest BCUT2D eigenvalue weighted by atomic mass is 16.5. The van der Waals surface area contributed by atoms with Gasteiger partial charge in [0.05, 0.1) is 24.0 Å². The lowest BCUT2D eigenvalue weighted by molar-refractivity contribution is -0.118. The van der Waals surface area contributed by atoms with E-state index in [0.29, 0.717) is 28.4 Å². The molecule has 2 aromatic carbocycles. The first-order valence-electron chi connectivity index (χ1n) is 7.10. The highest BCUT2D eigenvalue weighted by Crippen LogP contribution is 2.33. The summed E-state index contributed by atoms with van der Waals surface area (Å²) in [4.78, 5) is 24.0. The molecule has 2 amide bonds. The number of hydrogen-bond acceptors (Lipinski definition) is 4. The number of methoxy groups -OCH3 is 1. The number of nitrogens with one attached hydrogen (secondary N) is 2. The average molecular weight is 312 g/mol. The van der Waals surface area contributed by atoms with Crippen LogP contribution in [0, 0.1) is 6.92 Å². The van der Waals surface area contributed by atoms with Crippen molar-refractivity contribution in [1.29, 1.82) is 0 Å². The Morgan fingerprint density at radius 3 is 2.91 bits per heavy atom. The van der Waals surface area contributed by atoms with Gasteiger partial charge in [-0.2, -0.15) is 0 Å². The lowest BCUT2D eigenvalue weighted by atomic mass is 10.1. The molecule has 0 radical (unpaired) electrons. The number of carbonyl (C=O) groups is 2. The van der Waals surface area contributed by atoms with Crippen LogP contribution < -0.4 is 20.1 Å². The molecule has 0 saturated carbocycles. The summed E-state index contributed by atoms with van der Waals surface area (Å²) < 4.78 is 10.7. The number of aryl methyl sites for hydroxylation is 1. The first-order chi connectivity index (χ1) is 11.1. The van der Waals surface area contributed by atoms with E-state index in [1.54, 1.807) is 31.4 Å². The van der Waals surface area contributed by atoms with Crippen molar-refractivity contribution >= 4 is 23.2 Å². The number of carbonyl (C=O) groups excluding carboxylic acids is 2. The second-order valence-corrected chi connectivity index (χ2v) is 5.18. The Morgan fingerprint density at radius 1 is 1.30 bits per heavy atom. The van der Waals surface area contributed by atoms with Crippen LogP contribution in [0.2, 0.25) is 0 Å². The van der Waals surface area contributed by atoms with Crippen LogP contribution in [0.15, 0.2) is 36.4 Å². The van der Waals surface area contributed by atoms with Crippen LogP contribution >= 0.6 is 0 Å². The molecule has 0 aliphatic carbocycles. The van der Waals surface area contributed by atoms with E-state index in [1.165, 1.54) is 0 Å². The van der Waals surface area contributed by atoms with Crippen LogP contribution in [0.25, 0.3) is 0 Å². The number of amides is 2. The number of anilines is 2. The fourth-order valence-corrected chi connectivity index (χ4v) is 2.40. The van der Waals surface area contributed by atoms with Gasteiger partial charge in [-0.05, 0) is 36.8 Å². The molecule has 0 bridgehead atoms. The van der Waals surface area contributed by atoms with E-state index in [1.807, 2.05) is 19.1 Å². The van der Waals surface area contributed by atoms with Crippen LogP contribution in [0.3, 0.4) is 0 Å². The number of para-hydroxylation sites is 1. The zero-order chi connectivity index (χ0) is 16.4. The average Bonchev–Trinajstić information content (AvgIpc) is 2.54. The molecule has 3 rings (SSSR count). The fourth-order valence-electron chi connectivity index (χ4n) is 2.40. The van der Waals surface area contributed by atoms with Crippen molar-refractivity contribution in [2.45, 2.75) is 6.92 Å². The third-order valence-electron chi connectivity index (χ3n) is 3.48. The van der Waals surface area contributed by atoms with Gasteiger partial charge in [-0.3, -0.25) is 9.59 Å². The quantitative estimate of drug-likeness (QED) is 0.913. The Balaban J connectivity index is 1.92. The fraction of sp³-hybridized carbons (Fsp3) is 0.176. The van der Waals surface area contributed by atoms with Gasteiger partial charge in [0.15, 0.2) is 12.4 Å². The highest BCUT2D eigenvalue weighted by molar-refractivity contribution is 6.09. The predicted octanol–water partition coefficient (Wildman–Crippen LogP) is 2.59. The zero-order valence-electron chi connectivity index (χ0n) is 12.8. The monoisotopic (exact) mass is 312 g/mol. The molecule has 118 valence electrons. The van der Waals surface area contributed by atoms with Crippen molar-refractivity contribution in [1.82, 2.24) is 0 Å². The molecule has 1 aliphatic heterocycles. The lowest BCUT2D eigenvalue weighted by Gasteiger charge is -2.20. The largest absolute Gasteiger partial charge is 0.495 e. The molecule has 0 saturated heterocycles. The summed E-state index contributed by atoms with van der Waals surface area (Å²) in [5.41, 5.74) is 2.42. The van der Waals surface area contributed by atoms with E-state index in [-0.39, 0.29) is 18.4 Å². The SMILES string of the molecule is COc1ccc(C)cc1NC(=O)c1cccc2c1OCC(=O)N2. The third-order valence-corrected chi connectivity index (χ3v) is 3.48. The van der Waals surface area contributed by atoms with Crippen molar-refractivity contribution in [3.05, 3.63) is 47.5 Å². The van der Waals surface area contributed by atoms with E-state index < -0.39 is 0 Å². The highest BCUT2D eigenvalue weighted by Gasteiger charge is 2.23. The molecule has 0 atom stereocenters. The van der Waals surface area contributed by atoms with Gasteiger partial charge in [0.1, 0.15) is 5.75 Å². The second-order valence-electron chi connectivity index (χ2n) is 5.18. The van der Waals surface area contributed by atoms with Gasteiger partial charge in [0.25, 0.3) is 11.8 Å². The van der Waals surface area contributed by atoms with Gasteiger partial charge in [0.2, 0.25) is 0 Å². The number of fused-ring (bicyclic) bond motifs is 1. The Labute approximate surface area is 133 Å². The van der Waals surface area contributed by atoms with Gasteiger partial charge in [-0.15, -0.1) is 0 Å². The molecule has 0 fully saturated rings. The molecule has 23 heavy (non-hydrogen) atoms. The minimum absolute atomic E-state index is 0.106. The summed E-state index contributed by atoms with van der Waals surface area (Å²) in [6, 6.07) is 10.6. The van der Waals surface area contributed by atoms with E-state index in [4.69, 9.17) is 9.47 Å². The summed E-state index contributed by atoms with van der Waals surface area (Å²) in [5.74, 6) is 0.372. The Bertz CT molecular complexity index is 786. The molecule has 0 unspecified atom stereocenters. The normalized spacial score (nSPS) is 12.7. The number of hydrogen-bond donors (Lipinski definition) is 2. The third kappa shape index (κ3) is 2.96. The lowest BCUT2D eigenvalue weighted by Crippen LogP contribution is -2.27. The maximum atomic E-state index is 12.6. The zero-order valence-corrected chi connectivity index (χ0v) is 12.8. The molecule has 6 nitrogen and oxygen atoms in total. The van der Waals surface area contributed by atoms with Crippen LogP contribution in [0.5, 0.6) is 11.5 Å². The minimum atomic E-state index is -0.332. The van der Waals surface area contributed by atoms with Gasteiger partial charge < -0.3 is 20.1 Å². The standard InChI is InChI=1S/C17H16N2O4/c1-10-6-7-14(22-2)13(8-10)19-17(21)11-4-3-5-12-16(11)23-9-15(20)18-12/h3-8H,9H2,1-2H3,(H,18,20)(H,19,21). The first kappa shape index (κ1) is 14.9. The molecule has 1 aliphatic rings. The predicted molar refractivity (Wildman–Crippen MR) is 86.3 cm³/mol. The summed E-state index contributed by atoms with van der Waals surface area (Å²) in [6.07, 6.45) is 0. The van der Waals surface area contributed by atoms with Crippen molar-refractivity contribution in [2.75, 3.05) is 24.4 Å². The molecule has 2 aromatic rings. The summed E-state index contributed by atoms with van der Waals surface area (Å²) in [7, 11) is 1.54. The van der Waals surface area contributed by atoms with E-state index >= 15 is 0 Å². The number of ether oxygens (including phenoxy) is 2. The van der Waals surface area contributed by atoms with Crippen molar-refractivity contribution in [3.63, 3.8) is 0 Å². The maximum absolute atomic E-state index is 12.6. The maximum Gasteiger partial charge on any atom is 0.262 e. The molecular formula is C17H16N2O4. The van der Waals surface area contributed by atoms with Crippen molar-refractivity contribution in [3.8, 4) is 11.5 Å². The number of rotatable bonds is 3. The molecule has 0 spiro atoms. The molecule has 2 N–H and O–H groups in total. The van der Waals surface area contributed by atoms with Crippen molar-refractivity contribution < 1.29 is 19.1 Å². The van der Waals surface area contributed by atoms with E-state index in [2.05, 4.69) is 10.6 Å². The second kappa shape index (κ2) is 6.00. The van der Waals surface area contributed by atoms with Crippen LogP contribution in [-0.4, -0.2) is 25.5 Å². The van der Waals surface area contributed by atoms with Gasteiger partial charge in [-0.25, -0.2) is 0 Å². The molecule has 0 aromatic heterocycles. The Hall–Kier alpha value is -3.02. The summed E-state index contributed by atoms with van der Waals surface area (Å²) in [6.45, 7) is 1.82. The van der Waals surface area contributed by atoms with Crippen LogP contribution in [0.4, 0.5) is 11.4 Å². The smallest absolute Gasteiger partial charge is 0.262 e. The van der Waals surface area contributed by atoms with Gasteiger partial charge in [0, 0.05) is 0 Å². The van der Waals surface area contributed by atoms with E-state index in [0.717, 1.165) is 5.56 Å². The Kier molecular flexibility index (Phi) is 3.89. The minimum Gasteiger partial charge on any atom is -0.495 e. The number of benzene rings is 2. The molecule has 6 heteroatoms. The van der Waals surface area contributed by atoms with E-state index in [9.17, 15) is 9.59 Å². The van der Waals surface area contributed by atoms with Crippen LogP contribution in [-0.2, 0) is 4.79 Å².